The first-order chi connectivity index (χ1) is 10.2. The first-order valence-electron chi connectivity index (χ1n) is 7.41. The molecule has 21 heavy (non-hydrogen) atoms. The van der Waals surface area contributed by atoms with E-state index < -0.39 is 0 Å². The highest BCUT2D eigenvalue weighted by molar-refractivity contribution is 6.05. The molecular formula is C17H20N2O2. The van der Waals surface area contributed by atoms with Crippen molar-refractivity contribution in [3.05, 3.63) is 41.6 Å². The highest BCUT2D eigenvalue weighted by Gasteiger charge is 2.24. The molecule has 1 aromatic heterocycles. The number of fused-ring (bicyclic) bond motifs is 1. The van der Waals surface area contributed by atoms with E-state index >= 15 is 0 Å². The molecule has 2 N–H and O–H groups in total. The third-order valence-electron chi connectivity index (χ3n) is 4.43. The molecule has 0 bridgehead atoms. The van der Waals surface area contributed by atoms with Crippen LogP contribution in [0.5, 0.6) is 0 Å². The molecule has 0 radical (unpaired) electrons. The summed E-state index contributed by atoms with van der Waals surface area (Å²) in [6.07, 6.45) is 4.53. The molecule has 0 atom stereocenters. The number of hydrogen-bond acceptors (Lipinski definition) is 3. The van der Waals surface area contributed by atoms with E-state index in [2.05, 4.69) is 0 Å². The fraction of sp³-hybridized carbons (Fsp3) is 0.412. The molecule has 1 aliphatic rings. The Morgan fingerprint density at radius 1 is 1.24 bits per heavy atom. The number of pyridine rings is 1. The lowest BCUT2D eigenvalue weighted by atomic mass is 9.84. The average molecular weight is 284 g/mol. The van der Waals surface area contributed by atoms with Gasteiger partial charge in [-0.3, -0.25) is 9.78 Å². The quantitative estimate of drug-likeness (QED) is 0.942. The predicted octanol–water partition coefficient (Wildman–Crippen LogP) is 3.01. The van der Waals surface area contributed by atoms with Crippen molar-refractivity contribution in [1.82, 2.24) is 4.98 Å². The molecule has 0 unspecified atom stereocenters. The van der Waals surface area contributed by atoms with Crippen molar-refractivity contribution in [2.75, 3.05) is 7.11 Å². The van der Waals surface area contributed by atoms with E-state index in [0.29, 0.717) is 17.6 Å². The molecule has 0 saturated heterocycles. The van der Waals surface area contributed by atoms with Crippen molar-refractivity contribution in [2.45, 2.75) is 37.7 Å². The maximum absolute atomic E-state index is 11.7. The summed E-state index contributed by atoms with van der Waals surface area (Å²) < 4.78 is 5.41. The molecule has 1 aliphatic carbocycles. The van der Waals surface area contributed by atoms with Crippen molar-refractivity contribution >= 4 is 16.8 Å². The minimum absolute atomic E-state index is 0.359. The number of aromatic nitrogens is 1. The zero-order chi connectivity index (χ0) is 14.8. The number of benzene rings is 1. The fourth-order valence-electron chi connectivity index (χ4n) is 3.20. The summed E-state index contributed by atoms with van der Waals surface area (Å²) in [5, 5.41) is 0.833. The van der Waals surface area contributed by atoms with Gasteiger partial charge in [-0.15, -0.1) is 0 Å². The van der Waals surface area contributed by atoms with Crippen molar-refractivity contribution < 1.29 is 9.53 Å². The number of para-hydroxylation sites is 1. The van der Waals surface area contributed by atoms with Crippen molar-refractivity contribution in [2.24, 2.45) is 5.73 Å². The Labute approximate surface area is 124 Å². The largest absolute Gasteiger partial charge is 0.381 e. The minimum Gasteiger partial charge on any atom is -0.381 e. The van der Waals surface area contributed by atoms with Crippen LogP contribution in [-0.4, -0.2) is 24.1 Å². The van der Waals surface area contributed by atoms with E-state index in [1.165, 1.54) is 0 Å². The van der Waals surface area contributed by atoms with Gasteiger partial charge in [0.1, 0.15) is 0 Å². The van der Waals surface area contributed by atoms with Gasteiger partial charge in [-0.05, 0) is 37.8 Å². The van der Waals surface area contributed by atoms with Crippen LogP contribution in [-0.2, 0) is 4.74 Å². The third kappa shape index (κ3) is 2.76. The summed E-state index contributed by atoms with van der Waals surface area (Å²) >= 11 is 0. The van der Waals surface area contributed by atoms with Gasteiger partial charge in [-0.25, -0.2) is 0 Å². The van der Waals surface area contributed by atoms with E-state index in [0.717, 1.165) is 42.3 Å². The van der Waals surface area contributed by atoms with E-state index in [1.54, 1.807) is 7.11 Å². The summed E-state index contributed by atoms with van der Waals surface area (Å²) in [6, 6.07) is 9.55. The van der Waals surface area contributed by atoms with Gasteiger partial charge in [0.25, 0.3) is 0 Å². The number of hydrogen-bond donors (Lipinski definition) is 1. The monoisotopic (exact) mass is 284 g/mol. The number of primary amides is 1. The van der Waals surface area contributed by atoms with Crippen molar-refractivity contribution in [3.63, 3.8) is 0 Å². The first-order valence-corrected chi connectivity index (χ1v) is 7.41. The smallest absolute Gasteiger partial charge is 0.249 e. The van der Waals surface area contributed by atoms with Gasteiger partial charge in [0.15, 0.2) is 0 Å². The number of ether oxygens (including phenoxy) is 1. The average Bonchev–Trinajstić information content (AvgIpc) is 2.53. The molecule has 1 aromatic carbocycles. The standard InChI is InChI=1S/C17H20N2O2/c1-21-12-8-6-11(7-9-12)16-10-14(17(18)20)13-4-2-3-5-15(13)19-16/h2-5,10-12H,6-9H2,1H3,(H2,18,20). The van der Waals surface area contributed by atoms with E-state index in [9.17, 15) is 4.79 Å². The highest BCUT2D eigenvalue weighted by Crippen LogP contribution is 2.34. The van der Waals surface area contributed by atoms with Gasteiger partial charge in [-0.1, -0.05) is 18.2 Å². The molecule has 1 heterocycles. The number of nitrogens with zero attached hydrogens (tertiary/aromatic N) is 1. The Balaban J connectivity index is 1.98. The van der Waals surface area contributed by atoms with Gasteiger partial charge in [0, 0.05) is 24.1 Å². The number of amides is 1. The fourth-order valence-corrected chi connectivity index (χ4v) is 3.20. The van der Waals surface area contributed by atoms with Gasteiger partial charge in [0.05, 0.1) is 17.2 Å². The molecule has 3 rings (SSSR count). The summed E-state index contributed by atoms with van der Waals surface area (Å²) in [5.41, 5.74) is 7.94. The Kier molecular flexibility index (Phi) is 3.88. The second-order valence-corrected chi connectivity index (χ2v) is 5.69. The van der Waals surface area contributed by atoms with Crippen LogP contribution >= 0.6 is 0 Å². The Bertz CT molecular complexity index is 661. The van der Waals surface area contributed by atoms with Gasteiger partial charge < -0.3 is 10.5 Å². The summed E-state index contributed by atoms with van der Waals surface area (Å²) in [6.45, 7) is 0. The molecule has 2 aromatic rings. The van der Waals surface area contributed by atoms with Crippen LogP contribution < -0.4 is 5.73 Å². The Morgan fingerprint density at radius 3 is 2.62 bits per heavy atom. The van der Waals surface area contributed by atoms with Crippen LogP contribution in [0.3, 0.4) is 0 Å². The van der Waals surface area contributed by atoms with Crippen molar-refractivity contribution in [3.8, 4) is 0 Å². The minimum atomic E-state index is -0.388. The molecule has 1 amide bonds. The summed E-state index contributed by atoms with van der Waals surface area (Å²) in [5.74, 6) is -0.000432. The normalized spacial score (nSPS) is 22.3. The van der Waals surface area contributed by atoms with Crippen LogP contribution in [0.15, 0.2) is 30.3 Å². The molecule has 1 fully saturated rings. The third-order valence-corrected chi connectivity index (χ3v) is 4.43. The number of carbonyl (C=O) groups is 1. The number of nitrogens with two attached hydrogens (primary N) is 1. The molecule has 1 saturated carbocycles. The maximum Gasteiger partial charge on any atom is 0.249 e. The number of carbonyl (C=O) groups excluding carboxylic acids is 1. The molecular weight excluding hydrogens is 264 g/mol. The van der Waals surface area contributed by atoms with Gasteiger partial charge >= 0.3 is 0 Å². The number of rotatable bonds is 3. The first kappa shape index (κ1) is 14.0. The van der Waals surface area contributed by atoms with Crippen molar-refractivity contribution in [1.29, 1.82) is 0 Å². The van der Waals surface area contributed by atoms with E-state index in [4.69, 9.17) is 15.5 Å². The predicted molar refractivity (Wildman–Crippen MR) is 82.3 cm³/mol. The molecule has 0 aliphatic heterocycles. The van der Waals surface area contributed by atoms with E-state index in [1.807, 2.05) is 30.3 Å². The summed E-state index contributed by atoms with van der Waals surface area (Å²) in [7, 11) is 1.77. The summed E-state index contributed by atoms with van der Waals surface area (Å²) in [4.78, 5) is 16.5. The zero-order valence-electron chi connectivity index (χ0n) is 12.2. The highest BCUT2D eigenvalue weighted by atomic mass is 16.5. The van der Waals surface area contributed by atoms with Gasteiger partial charge in [-0.2, -0.15) is 0 Å². The maximum atomic E-state index is 11.7. The lowest BCUT2D eigenvalue weighted by Gasteiger charge is -2.27. The molecule has 4 nitrogen and oxygen atoms in total. The number of methoxy groups -OCH3 is 1. The topological polar surface area (TPSA) is 65.2 Å². The second-order valence-electron chi connectivity index (χ2n) is 5.69. The van der Waals surface area contributed by atoms with Crippen LogP contribution in [0.1, 0.15) is 47.7 Å². The second kappa shape index (κ2) is 5.82. The SMILES string of the molecule is COC1CCC(c2cc(C(N)=O)c3ccccc3n2)CC1. The lowest BCUT2D eigenvalue weighted by molar-refractivity contribution is 0.0655. The Hall–Kier alpha value is -1.94. The molecule has 110 valence electrons. The van der Waals surface area contributed by atoms with E-state index in [-0.39, 0.29) is 5.91 Å². The zero-order valence-corrected chi connectivity index (χ0v) is 12.2. The molecule has 0 spiro atoms. The van der Waals surface area contributed by atoms with Crippen LogP contribution in [0.4, 0.5) is 0 Å². The lowest BCUT2D eigenvalue weighted by Crippen LogP contribution is -2.20. The van der Waals surface area contributed by atoms with Crippen LogP contribution in [0.25, 0.3) is 10.9 Å². The molecule has 4 heteroatoms. The van der Waals surface area contributed by atoms with Crippen LogP contribution in [0.2, 0.25) is 0 Å². The van der Waals surface area contributed by atoms with Gasteiger partial charge in [0.2, 0.25) is 5.91 Å². The Morgan fingerprint density at radius 2 is 1.95 bits per heavy atom. The van der Waals surface area contributed by atoms with Crippen LogP contribution in [0, 0.1) is 0 Å².